The number of amides is 1. The molecule has 2 aromatic carbocycles. The van der Waals surface area contributed by atoms with Gasteiger partial charge in [0, 0.05) is 36.7 Å². The van der Waals surface area contributed by atoms with Crippen molar-refractivity contribution in [2.75, 3.05) is 90.7 Å². The molecule has 14 nitrogen and oxygen atoms in total. The molecule has 1 amide bonds. The van der Waals surface area contributed by atoms with E-state index in [0.29, 0.717) is 56.2 Å². The highest BCUT2D eigenvalue weighted by Gasteiger charge is 2.35. The lowest BCUT2D eigenvalue weighted by atomic mass is 10.0. The van der Waals surface area contributed by atoms with Gasteiger partial charge in [-0.25, -0.2) is 17.6 Å². The Bertz CT molecular complexity index is 1630. The van der Waals surface area contributed by atoms with Gasteiger partial charge < -0.3 is 42.9 Å². The lowest BCUT2D eigenvalue weighted by Crippen LogP contribution is -2.39. The second kappa shape index (κ2) is 17.7. The fourth-order valence-corrected chi connectivity index (χ4v) is 5.85. The number of hydrogen-bond donors (Lipinski definition) is 1. The molecular weight excluding hydrogens is 655 g/mol. The number of nitrogens with zero attached hydrogens (tertiary/aromatic N) is 1. The predicted molar refractivity (Wildman–Crippen MR) is 172 cm³/mol. The number of benzene rings is 2. The predicted octanol–water partition coefficient (Wildman–Crippen LogP) is 3.04. The topological polar surface area (TPSA) is 161 Å². The van der Waals surface area contributed by atoms with Gasteiger partial charge in [-0.3, -0.25) is 9.10 Å². The second-order valence-electron chi connectivity index (χ2n) is 10.7. The molecule has 3 aromatic rings. The van der Waals surface area contributed by atoms with Gasteiger partial charge in [-0.2, -0.15) is 0 Å². The highest BCUT2D eigenvalue weighted by atomic mass is 32.2. The molecule has 0 radical (unpaired) electrons. The van der Waals surface area contributed by atoms with E-state index in [-0.39, 0.29) is 42.4 Å². The molecule has 0 saturated heterocycles. The summed E-state index contributed by atoms with van der Waals surface area (Å²) in [6, 6.07) is 8.57. The number of hydrogen-bond acceptors (Lipinski definition) is 12. The van der Waals surface area contributed by atoms with Crippen LogP contribution in [-0.2, 0) is 48.0 Å². The molecule has 0 bridgehead atoms. The Labute approximate surface area is 278 Å². The molecule has 0 fully saturated rings. The van der Waals surface area contributed by atoms with E-state index < -0.39 is 46.7 Å². The van der Waals surface area contributed by atoms with Gasteiger partial charge in [-0.15, -0.1) is 0 Å². The van der Waals surface area contributed by atoms with Crippen molar-refractivity contribution in [3.63, 3.8) is 0 Å². The van der Waals surface area contributed by atoms with E-state index in [4.69, 9.17) is 37.6 Å². The number of sulfonamides is 1. The van der Waals surface area contributed by atoms with Crippen LogP contribution in [0.4, 0.5) is 10.1 Å². The van der Waals surface area contributed by atoms with Crippen LogP contribution >= 0.6 is 0 Å². The van der Waals surface area contributed by atoms with Gasteiger partial charge in [-0.05, 0) is 37.3 Å². The molecule has 1 N–H and O–H groups in total. The van der Waals surface area contributed by atoms with Gasteiger partial charge in [0.1, 0.15) is 23.8 Å². The fourth-order valence-electron chi connectivity index (χ4n) is 4.94. The van der Waals surface area contributed by atoms with Gasteiger partial charge in [0.05, 0.1) is 83.0 Å². The number of carbonyl (C=O) groups excluding carboxylic acids is 2. The molecule has 2 heterocycles. The Morgan fingerprint density at radius 1 is 0.958 bits per heavy atom. The molecule has 1 aromatic heterocycles. The second-order valence-corrected chi connectivity index (χ2v) is 12.6. The van der Waals surface area contributed by atoms with E-state index in [1.165, 1.54) is 37.4 Å². The summed E-state index contributed by atoms with van der Waals surface area (Å²) in [5.74, 6) is -1.49. The molecule has 48 heavy (non-hydrogen) atoms. The minimum absolute atomic E-state index is 0.116. The maximum atomic E-state index is 13.6. The number of halogens is 1. The van der Waals surface area contributed by atoms with Crippen molar-refractivity contribution in [3.8, 4) is 11.3 Å². The van der Waals surface area contributed by atoms with Crippen molar-refractivity contribution in [2.24, 2.45) is 0 Å². The van der Waals surface area contributed by atoms with E-state index >= 15 is 0 Å². The van der Waals surface area contributed by atoms with E-state index in [1.807, 2.05) is 0 Å². The van der Waals surface area contributed by atoms with Gasteiger partial charge in [0.15, 0.2) is 0 Å². The minimum Gasteiger partial charge on any atom is -0.455 e. The molecule has 0 saturated carbocycles. The summed E-state index contributed by atoms with van der Waals surface area (Å²) in [6.07, 6.45) is -1.03. The highest BCUT2D eigenvalue weighted by molar-refractivity contribution is 7.92. The summed E-state index contributed by atoms with van der Waals surface area (Å²) in [7, 11) is -0.851. The van der Waals surface area contributed by atoms with Crippen LogP contribution in [0, 0.1) is 5.82 Å². The smallest absolute Gasteiger partial charge is 0.334 e. The van der Waals surface area contributed by atoms with Crippen LogP contribution < -0.4 is 9.62 Å². The van der Waals surface area contributed by atoms with Crippen LogP contribution in [0.25, 0.3) is 22.3 Å². The monoisotopic (exact) mass is 696 g/mol. The average molecular weight is 697 g/mol. The van der Waals surface area contributed by atoms with Crippen LogP contribution in [-0.4, -0.2) is 113 Å². The quantitative estimate of drug-likeness (QED) is 0.153. The van der Waals surface area contributed by atoms with Gasteiger partial charge in [-0.1, -0.05) is 0 Å². The summed E-state index contributed by atoms with van der Waals surface area (Å²) < 4.78 is 84.6. The number of ether oxygens (including phenoxy) is 7. The molecule has 0 spiro atoms. The van der Waals surface area contributed by atoms with Crippen molar-refractivity contribution < 1.29 is 60.0 Å². The van der Waals surface area contributed by atoms with Crippen molar-refractivity contribution in [1.82, 2.24) is 5.32 Å². The first-order valence-corrected chi connectivity index (χ1v) is 17.1. The van der Waals surface area contributed by atoms with E-state index in [1.54, 1.807) is 20.1 Å². The number of rotatable bonds is 18. The van der Waals surface area contributed by atoms with Crippen molar-refractivity contribution in [1.29, 1.82) is 0 Å². The van der Waals surface area contributed by atoms with E-state index in [0.717, 1.165) is 10.6 Å². The molecule has 1 unspecified atom stereocenters. The number of anilines is 1. The highest BCUT2D eigenvalue weighted by Crippen LogP contribution is 2.42. The van der Waals surface area contributed by atoms with Gasteiger partial charge in [0.2, 0.25) is 16.3 Å². The Kier molecular flexibility index (Phi) is 13.7. The fraction of sp³-hybridized carbons (Fsp3) is 0.500. The third-order valence-electron chi connectivity index (χ3n) is 7.21. The standard InChI is InChI=1S/C32H41FN2O12S/c1-21-24-17-25-27(46-31(30(25)32(37)34-2)22-5-7-23(33)8-6-22)18-26(24)35(48(4,38)39)19-29(45-21)47-28(36)20-44-16-15-43-14-13-42-12-11-41-10-9-40-3/h5-8,17-18,21,29H,9-16,19-20H2,1-4H3,(H,34,37)/t21-,29?/m0/s1. The molecule has 264 valence electrons. The minimum atomic E-state index is -3.92. The Morgan fingerprint density at radius 2 is 1.56 bits per heavy atom. The Balaban J connectivity index is 1.39. The number of methoxy groups -OCH3 is 1. The normalized spacial score (nSPS) is 16.5. The molecule has 2 atom stereocenters. The van der Waals surface area contributed by atoms with Crippen LogP contribution in [0.3, 0.4) is 0 Å². The average Bonchev–Trinajstić information content (AvgIpc) is 3.36. The number of nitrogens with one attached hydrogen (secondary N) is 1. The largest absolute Gasteiger partial charge is 0.455 e. The lowest BCUT2D eigenvalue weighted by Gasteiger charge is -2.24. The SMILES string of the molecule is CNC(=O)c1c(-c2ccc(F)cc2)oc2cc3c(cc12)[C@H](C)OC(OC(=O)COCCOCCOCCOCCOC)CN3S(C)(=O)=O. The van der Waals surface area contributed by atoms with Crippen LogP contribution in [0.5, 0.6) is 0 Å². The zero-order valence-corrected chi connectivity index (χ0v) is 28.1. The third kappa shape index (κ3) is 9.95. The third-order valence-corrected chi connectivity index (χ3v) is 8.35. The zero-order chi connectivity index (χ0) is 34.7. The number of furan rings is 1. The lowest BCUT2D eigenvalue weighted by molar-refractivity contribution is -0.189. The van der Waals surface area contributed by atoms with Crippen LogP contribution in [0.15, 0.2) is 40.8 Å². The number of esters is 1. The first-order valence-electron chi connectivity index (χ1n) is 15.2. The molecule has 0 aliphatic carbocycles. The van der Waals surface area contributed by atoms with Crippen LogP contribution in [0.1, 0.15) is 28.9 Å². The first kappa shape index (κ1) is 37.2. The Hall–Kier alpha value is -3.64. The summed E-state index contributed by atoms with van der Waals surface area (Å²) in [5.41, 5.74) is 1.51. The van der Waals surface area contributed by atoms with Crippen molar-refractivity contribution in [2.45, 2.75) is 19.3 Å². The maximum Gasteiger partial charge on any atom is 0.334 e. The van der Waals surface area contributed by atoms with Gasteiger partial charge >= 0.3 is 5.97 Å². The Morgan fingerprint density at radius 3 is 2.15 bits per heavy atom. The van der Waals surface area contributed by atoms with Crippen molar-refractivity contribution >= 4 is 38.6 Å². The van der Waals surface area contributed by atoms with Crippen molar-refractivity contribution in [3.05, 3.63) is 53.3 Å². The summed E-state index contributed by atoms with van der Waals surface area (Å²) in [5, 5.41) is 2.98. The van der Waals surface area contributed by atoms with E-state index in [2.05, 4.69) is 5.32 Å². The van der Waals surface area contributed by atoms with E-state index in [9.17, 15) is 22.4 Å². The first-order chi connectivity index (χ1) is 23.0. The maximum absolute atomic E-state index is 13.6. The molecule has 16 heteroatoms. The molecular formula is C32H41FN2O12S. The summed E-state index contributed by atoms with van der Waals surface area (Å²) in [6.45, 7) is 3.88. The molecule has 1 aliphatic rings. The summed E-state index contributed by atoms with van der Waals surface area (Å²) in [4.78, 5) is 25.6. The zero-order valence-electron chi connectivity index (χ0n) is 27.3. The van der Waals surface area contributed by atoms with Gasteiger partial charge in [0.25, 0.3) is 5.91 Å². The molecule has 1 aliphatic heterocycles. The molecule has 4 rings (SSSR count). The number of fused-ring (bicyclic) bond motifs is 2. The number of carbonyl (C=O) groups is 2. The van der Waals surface area contributed by atoms with Crippen LogP contribution in [0.2, 0.25) is 0 Å². The summed E-state index contributed by atoms with van der Waals surface area (Å²) >= 11 is 0.